The normalized spacial score (nSPS) is 10.6. The molecule has 0 spiro atoms. The van der Waals surface area contributed by atoms with Crippen molar-refractivity contribution in [1.29, 1.82) is 0 Å². The molecule has 1 heterocycles. The fourth-order valence-corrected chi connectivity index (χ4v) is 2.28. The van der Waals surface area contributed by atoms with Crippen LogP contribution in [0.1, 0.15) is 21.6 Å². The fourth-order valence-electron chi connectivity index (χ4n) is 1.98. The van der Waals surface area contributed by atoms with Crippen molar-refractivity contribution in [2.24, 2.45) is 7.05 Å². The summed E-state index contributed by atoms with van der Waals surface area (Å²) in [5, 5.41) is 16.7. The van der Waals surface area contributed by atoms with E-state index in [2.05, 4.69) is 10.4 Å². The Labute approximate surface area is 121 Å². The predicted octanol–water partition coefficient (Wildman–Crippen LogP) is 2.27. The van der Waals surface area contributed by atoms with E-state index in [0.29, 0.717) is 17.9 Å². The van der Waals surface area contributed by atoms with Gasteiger partial charge in [0.05, 0.1) is 22.0 Å². The van der Waals surface area contributed by atoms with Gasteiger partial charge in [0.2, 0.25) is 0 Å². The monoisotopic (exact) mass is 294 g/mol. The largest absolute Gasteiger partial charge is 0.478 e. The van der Waals surface area contributed by atoms with Crippen LogP contribution >= 0.6 is 11.6 Å². The number of hydrogen-bond donors (Lipinski definition) is 3. The van der Waals surface area contributed by atoms with Gasteiger partial charge >= 0.3 is 5.97 Å². The van der Waals surface area contributed by atoms with Crippen molar-refractivity contribution in [3.05, 3.63) is 40.2 Å². The number of halogens is 1. The van der Waals surface area contributed by atoms with Gasteiger partial charge in [-0.3, -0.25) is 4.68 Å². The van der Waals surface area contributed by atoms with E-state index in [9.17, 15) is 9.90 Å². The van der Waals surface area contributed by atoms with Crippen molar-refractivity contribution < 1.29 is 9.90 Å². The standard InChI is InChI=1S/C13H15ClN4O2/c1-7-8(6-18(2)17-7)5-16-12-10(13(19)20)3-9(15)4-11(12)14/h3-4,6,16H,5,15H2,1-2H3,(H,19,20). The quantitative estimate of drug-likeness (QED) is 0.752. The Morgan fingerprint density at radius 3 is 2.80 bits per heavy atom. The molecule has 1 aromatic heterocycles. The zero-order valence-electron chi connectivity index (χ0n) is 11.1. The second-order valence-electron chi connectivity index (χ2n) is 4.50. The third kappa shape index (κ3) is 2.85. The molecule has 0 bridgehead atoms. The Balaban J connectivity index is 2.29. The number of carboxylic acids is 1. The lowest BCUT2D eigenvalue weighted by molar-refractivity contribution is 0.0698. The molecule has 0 radical (unpaired) electrons. The van der Waals surface area contributed by atoms with Gasteiger partial charge < -0.3 is 16.2 Å². The van der Waals surface area contributed by atoms with Crippen LogP contribution in [0.5, 0.6) is 0 Å². The van der Waals surface area contributed by atoms with Crippen LogP contribution < -0.4 is 11.1 Å². The van der Waals surface area contributed by atoms with Crippen LogP contribution in [0.25, 0.3) is 0 Å². The number of nitrogens with zero attached hydrogens (tertiary/aromatic N) is 2. The van der Waals surface area contributed by atoms with Gasteiger partial charge in [0, 0.05) is 31.0 Å². The minimum atomic E-state index is -1.08. The topological polar surface area (TPSA) is 93.2 Å². The SMILES string of the molecule is Cc1nn(C)cc1CNc1c(Cl)cc(N)cc1C(=O)O. The average Bonchev–Trinajstić information content (AvgIpc) is 2.65. The highest BCUT2D eigenvalue weighted by Gasteiger charge is 2.15. The van der Waals surface area contributed by atoms with E-state index in [1.807, 2.05) is 20.2 Å². The van der Waals surface area contributed by atoms with Gasteiger partial charge in [0.15, 0.2) is 0 Å². The van der Waals surface area contributed by atoms with Crippen molar-refractivity contribution in [2.45, 2.75) is 13.5 Å². The Bertz CT molecular complexity index is 667. The van der Waals surface area contributed by atoms with E-state index < -0.39 is 5.97 Å². The zero-order chi connectivity index (χ0) is 14.9. The highest BCUT2D eigenvalue weighted by atomic mass is 35.5. The number of nitrogens with one attached hydrogen (secondary N) is 1. The summed E-state index contributed by atoms with van der Waals surface area (Å²) in [4.78, 5) is 11.2. The first-order valence-corrected chi connectivity index (χ1v) is 6.31. The maximum Gasteiger partial charge on any atom is 0.337 e. The average molecular weight is 295 g/mol. The lowest BCUT2D eigenvalue weighted by atomic mass is 10.1. The maximum atomic E-state index is 11.2. The van der Waals surface area contributed by atoms with Gasteiger partial charge in [-0.15, -0.1) is 0 Å². The molecule has 0 saturated carbocycles. The molecule has 0 amide bonds. The summed E-state index contributed by atoms with van der Waals surface area (Å²) in [6, 6.07) is 2.90. The lowest BCUT2D eigenvalue weighted by Crippen LogP contribution is -2.08. The summed E-state index contributed by atoms with van der Waals surface area (Å²) in [6.45, 7) is 2.32. The molecule has 6 nitrogen and oxygen atoms in total. The summed E-state index contributed by atoms with van der Waals surface area (Å²) < 4.78 is 1.70. The van der Waals surface area contributed by atoms with Crippen molar-refractivity contribution in [1.82, 2.24) is 9.78 Å². The van der Waals surface area contributed by atoms with Crippen LogP contribution in [0.2, 0.25) is 5.02 Å². The van der Waals surface area contributed by atoms with Crippen LogP contribution in [0, 0.1) is 6.92 Å². The first kappa shape index (κ1) is 14.2. The van der Waals surface area contributed by atoms with Crippen LogP contribution in [-0.4, -0.2) is 20.9 Å². The number of nitrogen functional groups attached to an aromatic ring is 1. The Morgan fingerprint density at radius 2 is 2.25 bits per heavy atom. The van der Waals surface area contributed by atoms with Gasteiger partial charge in [-0.25, -0.2) is 4.79 Å². The molecule has 106 valence electrons. The minimum Gasteiger partial charge on any atom is -0.478 e. The molecule has 2 aromatic rings. The smallest absolute Gasteiger partial charge is 0.337 e. The summed E-state index contributed by atoms with van der Waals surface area (Å²) in [6.07, 6.45) is 1.87. The van der Waals surface area contributed by atoms with E-state index in [1.54, 1.807) is 4.68 Å². The number of nitrogens with two attached hydrogens (primary N) is 1. The van der Waals surface area contributed by atoms with Crippen molar-refractivity contribution >= 4 is 28.9 Å². The number of carbonyl (C=O) groups is 1. The van der Waals surface area contributed by atoms with Crippen molar-refractivity contribution in [3.63, 3.8) is 0 Å². The minimum absolute atomic E-state index is 0.0524. The molecule has 0 unspecified atom stereocenters. The number of hydrogen-bond acceptors (Lipinski definition) is 4. The predicted molar refractivity (Wildman–Crippen MR) is 78.1 cm³/mol. The Kier molecular flexibility index (Phi) is 3.85. The van der Waals surface area contributed by atoms with Crippen LogP contribution in [0.4, 0.5) is 11.4 Å². The highest BCUT2D eigenvalue weighted by Crippen LogP contribution is 2.29. The Morgan fingerprint density at radius 1 is 1.55 bits per heavy atom. The highest BCUT2D eigenvalue weighted by molar-refractivity contribution is 6.34. The first-order valence-electron chi connectivity index (χ1n) is 5.93. The maximum absolute atomic E-state index is 11.2. The van der Waals surface area contributed by atoms with Crippen molar-refractivity contribution in [2.75, 3.05) is 11.1 Å². The molecule has 1 aromatic carbocycles. The van der Waals surface area contributed by atoms with Gasteiger partial charge in [-0.05, 0) is 19.1 Å². The van der Waals surface area contributed by atoms with Crippen LogP contribution in [-0.2, 0) is 13.6 Å². The van der Waals surface area contributed by atoms with Crippen LogP contribution in [0.3, 0.4) is 0 Å². The van der Waals surface area contributed by atoms with Gasteiger partial charge in [0.1, 0.15) is 0 Å². The number of aromatic carboxylic acids is 1. The number of benzene rings is 1. The number of aryl methyl sites for hydroxylation is 2. The number of carboxylic acid groups (broad SMARTS) is 1. The fraction of sp³-hybridized carbons (Fsp3) is 0.231. The van der Waals surface area contributed by atoms with E-state index in [-0.39, 0.29) is 10.6 Å². The van der Waals surface area contributed by atoms with Gasteiger partial charge in [0.25, 0.3) is 0 Å². The second-order valence-corrected chi connectivity index (χ2v) is 4.90. The number of aromatic nitrogens is 2. The molecule has 0 fully saturated rings. The Hall–Kier alpha value is -2.21. The molecule has 20 heavy (non-hydrogen) atoms. The van der Waals surface area contributed by atoms with E-state index in [0.717, 1.165) is 11.3 Å². The summed E-state index contributed by atoms with van der Waals surface area (Å²) in [5.41, 5.74) is 8.18. The number of anilines is 2. The first-order chi connectivity index (χ1) is 9.38. The second kappa shape index (κ2) is 5.42. The molecule has 0 aliphatic heterocycles. The molecule has 0 aliphatic carbocycles. The molecular formula is C13H15ClN4O2. The molecule has 7 heteroatoms. The van der Waals surface area contributed by atoms with Crippen molar-refractivity contribution in [3.8, 4) is 0 Å². The molecule has 0 saturated heterocycles. The molecular weight excluding hydrogens is 280 g/mol. The van der Waals surface area contributed by atoms with Crippen LogP contribution in [0.15, 0.2) is 18.3 Å². The van der Waals surface area contributed by atoms with E-state index in [4.69, 9.17) is 17.3 Å². The van der Waals surface area contributed by atoms with E-state index in [1.165, 1.54) is 12.1 Å². The third-order valence-electron chi connectivity index (χ3n) is 2.91. The third-order valence-corrected chi connectivity index (χ3v) is 3.21. The molecule has 0 aliphatic rings. The molecule has 2 rings (SSSR count). The summed E-state index contributed by atoms with van der Waals surface area (Å²) >= 11 is 6.06. The lowest BCUT2D eigenvalue weighted by Gasteiger charge is -2.12. The summed E-state index contributed by atoms with van der Waals surface area (Å²) in [7, 11) is 1.83. The van der Waals surface area contributed by atoms with Gasteiger partial charge in [-0.2, -0.15) is 5.10 Å². The van der Waals surface area contributed by atoms with Gasteiger partial charge in [-0.1, -0.05) is 11.6 Å². The summed E-state index contributed by atoms with van der Waals surface area (Å²) in [5.74, 6) is -1.08. The molecule has 4 N–H and O–H groups in total. The molecule has 0 atom stereocenters. The number of rotatable bonds is 4. The van der Waals surface area contributed by atoms with E-state index >= 15 is 0 Å². The zero-order valence-corrected chi connectivity index (χ0v) is 11.9.